The van der Waals surface area contributed by atoms with Crippen LogP contribution in [0.15, 0.2) is 12.3 Å². The van der Waals surface area contributed by atoms with E-state index in [0.717, 1.165) is 0 Å². The summed E-state index contributed by atoms with van der Waals surface area (Å²) in [7, 11) is 1.30. The fourth-order valence-electron chi connectivity index (χ4n) is 1.71. The first-order chi connectivity index (χ1) is 7.13. The third-order valence-electron chi connectivity index (χ3n) is 2.49. The number of carbonyl (C=O) groups excluding carboxylic acids is 2. The van der Waals surface area contributed by atoms with Gasteiger partial charge in [0.05, 0.1) is 17.5 Å². The van der Waals surface area contributed by atoms with Crippen molar-refractivity contribution in [2.75, 3.05) is 7.11 Å². The standard InChI is InChI=1S/C9H10INO4/c1-14-9(13)11-3-2-5-4-6(12)15-8(11)7(5)10/h2-3,5,7-8H,4H2,1H3/t5-,7?,8+/m0/s1. The van der Waals surface area contributed by atoms with Crippen molar-refractivity contribution in [2.45, 2.75) is 16.6 Å². The van der Waals surface area contributed by atoms with E-state index in [9.17, 15) is 9.59 Å². The van der Waals surface area contributed by atoms with Crippen molar-refractivity contribution < 1.29 is 19.1 Å². The molecule has 2 bridgehead atoms. The molecular formula is C9H10INO4. The lowest BCUT2D eigenvalue weighted by Crippen LogP contribution is -2.52. The summed E-state index contributed by atoms with van der Waals surface area (Å²) in [4.78, 5) is 23.9. The molecule has 0 aromatic rings. The molecular weight excluding hydrogens is 313 g/mol. The van der Waals surface area contributed by atoms with Crippen molar-refractivity contribution in [3.63, 3.8) is 0 Å². The minimum Gasteiger partial charge on any atom is -0.452 e. The Morgan fingerprint density at radius 2 is 2.47 bits per heavy atom. The topological polar surface area (TPSA) is 55.8 Å². The van der Waals surface area contributed by atoms with Crippen LogP contribution in [0, 0.1) is 5.92 Å². The van der Waals surface area contributed by atoms with Crippen LogP contribution >= 0.6 is 22.6 Å². The van der Waals surface area contributed by atoms with E-state index in [2.05, 4.69) is 27.3 Å². The Balaban J connectivity index is 2.25. The SMILES string of the molecule is COC(=O)N1C=C[C@H]2CC(=O)O[C@@H]1C2I. The van der Waals surface area contributed by atoms with Gasteiger partial charge in [-0.3, -0.25) is 4.79 Å². The summed E-state index contributed by atoms with van der Waals surface area (Å²) in [6, 6.07) is 0. The number of nitrogens with zero attached hydrogens (tertiary/aromatic N) is 1. The molecule has 1 fully saturated rings. The molecule has 2 heterocycles. The summed E-state index contributed by atoms with van der Waals surface area (Å²) in [6.45, 7) is 0. The quantitative estimate of drug-likeness (QED) is 0.383. The lowest BCUT2D eigenvalue weighted by atomic mass is 9.95. The second-order valence-electron chi connectivity index (χ2n) is 3.41. The Labute approximate surface area is 101 Å². The number of hydrogen-bond donors (Lipinski definition) is 0. The largest absolute Gasteiger partial charge is 0.452 e. The minimum absolute atomic E-state index is 0.0874. The minimum atomic E-state index is -0.533. The van der Waals surface area contributed by atoms with Gasteiger partial charge in [-0.15, -0.1) is 0 Å². The molecule has 1 unspecified atom stereocenters. The first-order valence-corrected chi connectivity index (χ1v) is 5.76. The molecule has 15 heavy (non-hydrogen) atoms. The van der Waals surface area contributed by atoms with E-state index in [0.29, 0.717) is 6.42 Å². The van der Waals surface area contributed by atoms with Gasteiger partial charge in [0.2, 0.25) is 0 Å². The Morgan fingerprint density at radius 3 is 3.13 bits per heavy atom. The summed E-state index contributed by atoms with van der Waals surface area (Å²) in [5.74, 6) is -0.117. The Morgan fingerprint density at radius 1 is 1.73 bits per heavy atom. The highest BCUT2D eigenvalue weighted by atomic mass is 127. The molecule has 0 radical (unpaired) electrons. The predicted molar refractivity (Wildman–Crippen MR) is 59.2 cm³/mol. The third-order valence-corrected chi connectivity index (χ3v) is 4.03. The molecule has 0 aromatic carbocycles. The molecule has 0 aromatic heterocycles. The number of hydrogen-bond acceptors (Lipinski definition) is 4. The number of rotatable bonds is 0. The lowest BCUT2D eigenvalue weighted by Gasteiger charge is -2.40. The maximum Gasteiger partial charge on any atom is 0.416 e. The highest BCUT2D eigenvalue weighted by Crippen LogP contribution is 2.35. The smallest absolute Gasteiger partial charge is 0.416 e. The van der Waals surface area contributed by atoms with Crippen LogP contribution in [-0.2, 0) is 14.3 Å². The maximum absolute atomic E-state index is 11.4. The van der Waals surface area contributed by atoms with Crippen molar-refractivity contribution in [1.29, 1.82) is 0 Å². The molecule has 6 heteroatoms. The van der Waals surface area contributed by atoms with Crippen LogP contribution in [0.2, 0.25) is 0 Å². The zero-order chi connectivity index (χ0) is 11.0. The molecule has 0 spiro atoms. The first kappa shape index (κ1) is 10.7. The first-order valence-electron chi connectivity index (χ1n) is 4.51. The Bertz CT molecular complexity index is 330. The molecule has 2 rings (SSSR count). The average molecular weight is 323 g/mol. The number of fused-ring (bicyclic) bond motifs is 2. The van der Waals surface area contributed by atoms with Crippen molar-refractivity contribution >= 4 is 34.7 Å². The van der Waals surface area contributed by atoms with Crippen molar-refractivity contribution in [1.82, 2.24) is 4.90 Å². The van der Waals surface area contributed by atoms with Crippen LogP contribution < -0.4 is 0 Å². The summed E-state index contributed by atoms with van der Waals surface area (Å²) in [5, 5.41) is 0. The number of amides is 1. The molecule has 1 amide bonds. The Kier molecular flexibility index (Phi) is 2.85. The molecule has 1 saturated heterocycles. The van der Waals surface area contributed by atoms with Gasteiger partial charge in [0, 0.05) is 12.1 Å². The number of carbonyl (C=O) groups is 2. The molecule has 0 saturated carbocycles. The summed E-state index contributed by atoms with van der Waals surface area (Å²) in [5.41, 5.74) is 0. The number of halogens is 1. The summed E-state index contributed by atoms with van der Waals surface area (Å²) in [6.07, 6.45) is 2.82. The van der Waals surface area contributed by atoms with Gasteiger partial charge in [0.25, 0.3) is 0 Å². The van der Waals surface area contributed by atoms with Gasteiger partial charge >= 0.3 is 12.1 Å². The van der Waals surface area contributed by atoms with Crippen LogP contribution in [0.25, 0.3) is 0 Å². The van der Waals surface area contributed by atoms with Crippen LogP contribution in [0.1, 0.15) is 6.42 Å². The van der Waals surface area contributed by atoms with Crippen molar-refractivity contribution in [3.05, 3.63) is 12.3 Å². The number of allylic oxidation sites excluding steroid dienone is 1. The molecule has 3 atom stereocenters. The van der Waals surface area contributed by atoms with Crippen molar-refractivity contribution in [2.24, 2.45) is 5.92 Å². The number of ether oxygens (including phenoxy) is 2. The van der Waals surface area contributed by atoms with Gasteiger partial charge in [-0.05, 0) is 0 Å². The van der Waals surface area contributed by atoms with E-state index in [-0.39, 0.29) is 15.8 Å². The van der Waals surface area contributed by atoms with Gasteiger partial charge in [0.1, 0.15) is 0 Å². The molecule has 82 valence electrons. The van der Waals surface area contributed by atoms with Crippen LogP contribution in [-0.4, -0.2) is 34.2 Å². The van der Waals surface area contributed by atoms with E-state index in [1.807, 2.05) is 6.08 Å². The average Bonchev–Trinajstić information content (AvgIpc) is 2.20. The van der Waals surface area contributed by atoms with E-state index in [4.69, 9.17) is 4.74 Å². The monoisotopic (exact) mass is 323 g/mol. The van der Waals surface area contributed by atoms with E-state index < -0.39 is 12.3 Å². The fraction of sp³-hybridized carbons (Fsp3) is 0.556. The highest BCUT2D eigenvalue weighted by Gasteiger charge is 2.43. The summed E-state index contributed by atoms with van der Waals surface area (Å²) < 4.78 is 9.83. The maximum atomic E-state index is 11.4. The van der Waals surface area contributed by atoms with Crippen molar-refractivity contribution in [3.8, 4) is 0 Å². The molecule has 2 aliphatic heterocycles. The third kappa shape index (κ3) is 1.82. The van der Waals surface area contributed by atoms with Gasteiger partial charge in [-0.2, -0.15) is 0 Å². The molecule has 0 N–H and O–H groups in total. The van der Waals surface area contributed by atoms with E-state index in [1.54, 1.807) is 6.20 Å². The van der Waals surface area contributed by atoms with Gasteiger partial charge in [-0.25, -0.2) is 9.69 Å². The van der Waals surface area contributed by atoms with Gasteiger partial charge < -0.3 is 9.47 Å². The molecule has 0 aliphatic carbocycles. The lowest BCUT2D eigenvalue weighted by molar-refractivity contribution is -0.163. The predicted octanol–water partition coefficient (Wildman–Crippen LogP) is 1.27. The second-order valence-corrected chi connectivity index (χ2v) is 4.85. The van der Waals surface area contributed by atoms with Crippen LogP contribution in [0.5, 0.6) is 0 Å². The molecule has 2 aliphatic rings. The Hall–Kier alpha value is -0.790. The second kappa shape index (κ2) is 3.99. The van der Waals surface area contributed by atoms with E-state index in [1.165, 1.54) is 12.0 Å². The van der Waals surface area contributed by atoms with Crippen LogP contribution in [0.3, 0.4) is 0 Å². The van der Waals surface area contributed by atoms with E-state index >= 15 is 0 Å². The van der Waals surface area contributed by atoms with Gasteiger partial charge in [0.15, 0.2) is 6.23 Å². The highest BCUT2D eigenvalue weighted by molar-refractivity contribution is 14.1. The zero-order valence-electron chi connectivity index (χ0n) is 8.05. The number of esters is 1. The number of methoxy groups -OCH3 is 1. The normalized spacial score (nSPS) is 33.6. The number of alkyl halides is 1. The molecule has 5 nitrogen and oxygen atoms in total. The fourth-order valence-corrected chi connectivity index (χ4v) is 2.69. The zero-order valence-corrected chi connectivity index (χ0v) is 10.2. The van der Waals surface area contributed by atoms with Crippen LogP contribution in [0.4, 0.5) is 4.79 Å². The van der Waals surface area contributed by atoms with Gasteiger partial charge in [-0.1, -0.05) is 28.7 Å². The summed E-state index contributed by atoms with van der Waals surface area (Å²) >= 11 is 2.19.